The van der Waals surface area contributed by atoms with Crippen LogP contribution in [-0.2, 0) is 24.0 Å². The minimum atomic E-state index is -0.0879. The summed E-state index contributed by atoms with van der Waals surface area (Å²) in [5.41, 5.74) is 4.60. The highest BCUT2D eigenvalue weighted by Gasteiger charge is 2.38. The van der Waals surface area contributed by atoms with Crippen LogP contribution in [-0.4, -0.2) is 39.2 Å². The van der Waals surface area contributed by atoms with E-state index in [1.165, 1.54) is 11.1 Å². The van der Waals surface area contributed by atoms with E-state index in [0.717, 1.165) is 62.1 Å². The standard InChI is InChI=1S/C29H41NO3/c1-6-23-16-25(11-12-28(23)33-21(2)3)27(31)19-29(13-14-30-4)17-22(20-32-5)15-24-9-7-8-10-26(24)18-29/h7-12,16,21-22,30H,6,13-15,17-20H2,1-5H3. The van der Waals surface area contributed by atoms with E-state index >= 15 is 0 Å². The van der Waals surface area contributed by atoms with Gasteiger partial charge in [-0.1, -0.05) is 31.2 Å². The first kappa shape index (κ1) is 25.5. The van der Waals surface area contributed by atoms with Crippen molar-refractivity contribution in [2.24, 2.45) is 11.3 Å². The first-order chi connectivity index (χ1) is 15.9. The first-order valence-corrected chi connectivity index (χ1v) is 12.4. The Bertz CT molecular complexity index is 923. The highest BCUT2D eigenvalue weighted by atomic mass is 16.5. The fourth-order valence-corrected chi connectivity index (χ4v) is 5.40. The van der Waals surface area contributed by atoms with Crippen molar-refractivity contribution < 1.29 is 14.3 Å². The molecule has 2 aromatic rings. The number of Topliss-reactive ketones (excluding diaryl/α,β-unsaturated/α-hetero) is 1. The lowest BCUT2D eigenvalue weighted by Crippen LogP contribution is -2.33. The smallest absolute Gasteiger partial charge is 0.163 e. The summed E-state index contributed by atoms with van der Waals surface area (Å²) >= 11 is 0. The molecule has 2 atom stereocenters. The van der Waals surface area contributed by atoms with Crippen LogP contribution >= 0.6 is 0 Å². The Hall–Kier alpha value is -2.17. The fraction of sp³-hybridized carbons (Fsp3) is 0.552. The number of aryl methyl sites for hydroxylation is 1. The molecule has 180 valence electrons. The van der Waals surface area contributed by atoms with E-state index in [4.69, 9.17) is 9.47 Å². The van der Waals surface area contributed by atoms with Crippen molar-refractivity contribution in [3.63, 3.8) is 0 Å². The van der Waals surface area contributed by atoms with E-state index in [9.17, 15) is 4.79 Å². The number of hydrogen-bond acceptors (Lipinski definition) is 4. The summed E-state index contributed by atoms with van der Waals surface area (Å²) in [7, 11) is 3.78. The summed E-state index contributed by atoms with van der Waals surface area (Å²) in [6, 6.07) is 14.7. The first-order valence-electron chi connectivity index (χ1n) is 12.4. The van der Waals surface area contributed by atoms with Crippen molar-refractivity contribution in [2.75, 3.05) is 27.3 Å². The predicted octanol–water partition coefficient (Wildman–Crippen LogP) is 5.66. The molecular formula is C29H41NO3. The van der Waals surface area contributed by atoms with E-state index in [2.05, 4.69) is 36.5 Å². The van der Waals surface area contributed by atoms with Gasteiger partial charge in [0.2, 0.25) is 0 Å². The molecule has 0 saturated heterocycles. The van der Waals surface area contributed by atoms with Crippen molar-refractivity contribution >= 4 is 5.78 Å². The molecule has 0 amide bonds. The number of ketones is 1. The van der Waals surface area contributed by atoms with Crippen LogP contribution in [0.4, 0.5) is 0 Å². The van der Waals surface area contributed by atoms with Crippen molar-refractivity contribution in [1.82, 2.24) is 5.32 Å². The fourth-order valence-electron chi connectivity index (χ4n) is 5.40. The molecule has 4 nitrogen and oxygen atoms in total. The zero-order valence-electron chi connectivity index (χ0n) is 21.1. The number of nitrogens with one attached hydrogen (secondary N) is 1. The average Bonchev–Trinajstić information content (AvgIpc) is 2.94. The second kappa shape index (κ2) is 11.8. The van der Waals surface area contributed by atoms with Gasteiger partial charge >= 0.3 is 0 Å². The van der Waals surface area contributed by atoms with Crippen molar-refractivity contribution in [3.8, 4) is 5.75 Å². The van der Waals surface area contributed by atoms with Gasteiger partial charge in [-0.2, -0.15) is 0 Å². The molecule has 0 bridgehead atoms. The number of hydrogen-bond donors (Lipinski definition) is 1. The SMILES string of the molecule is CCc1cc(C(=O)CC2(CCNC)Cc3ccccc3CC(COC)C2)ccc1OC(C)C. The minimum absolute atomic E-state index is 0.0879. The van der Waals surface area contributed by atoms with Crippen LogP contribution in [0.5, 0.6) is 5.75 Å². The number of carbonyl (C=O) groups excluding carboxylic acids is 1. The molecule has 0 spiro atoms. The quantitative estimate of drug-likeness (QED) is 0.354. The molecule has 1 N–H and O–H groups in total. The van der Waals surface area contributed by atoms with E-state index < -0.39 is 0 Å². The number of carbonyl (C=O) groups is 1. The molecule has 0 fully saturated rings. The van der Waals surface area contributed by atoms with Gasteiger partial charge in [0, 0.05) is 25.7 Å². The van der Waals surface area contributed by atoms with Gasteiger partial charge in [0.1, 0.15) is 5.75 Å². The van der Waals surface area contributed by atoms with Gasteiger partial charge in [-0.3, -0.25) is 4.79 Å². The molecule has 1 aliphatic carbocycles. The molecule has 33 heavy (non-hydrogen) atoms. The van der Waals surface area contributed by atoms with E-state index in [0.29, 0.717) is 12.3 Å². The normalized spacial score (nSPS) is 20.4. The predicted molar refractivity (Wildman–Crippen MR) is 135 cm³/mol. The van der Waals surface area contributed by atoms with Gasteiger partial charge < -0.3 is 14.8 Å². The highest BCUT2D eigenvalue weighted by Crippen LogP contribution is 2.43. The van der Waals surface area contributed by atoms with E-state index in [1.54, 1.807) is 7.11 Å². The van der Waals surface area contributed by atoms with Gasteiger partial charge in [-0.05, 0) is 106 Å². The largest absolute Gasteiger partial charge is 0.491 e. The zero-order valence-corrected chi connectivity index (χ0v) is 21.1. The van der Waals surface area contributed by atoms with E-state index in [1.807, 2.05) is 39.1 Å². The molecule has 0 heterocycles. The van der Waals surface area contributed by atoms with Crippen molar-refractivity contribution in [3.05, 3.63) is 64.7 Å². The maximum Gasteiger partial charge on any atom is 0.163 e. The Kier molecular flexibility index (Phi) is 9.10. The monoisotopic (exact) mass is 451 g/mol. The maximum absolute atomic E-state index is 13.7. The van der Waals surface area contributed by atoms with E-state index in [-0.39, 0.29) is 17.3 Å². The number of rotatable bonds is 11. The minimum Gasteiger partial charge on any atom is -0.491 e. The molecule has 0 aromatic heterocycles. The molecule has 0 aliphatic heterocycles. The Morgan fingerprint density at radius 3 is 2.61 bits per heavy atom. The number of methoxy groups -OCH3 is 1. The van der Waals surface area contributed by atoms with Crippen LogP contribution in [0.15, 0.2) is 42.5 Å². The Balaban J connectivity index is 1.92. The van der Waals surface area contributed by atoms with Crippen LogP contribution < -0.4 is 10.1 Å². The molecule has 4 heteroatoms. The van der Waals surface area contributed by atoms with Gasteiger partial charge in [-0.25, -0.2) is 0 Å². The average molecular weight is 452 g/mol. The summed E-state index contributed by atoms with van der Waals surface area (Å²) in [6.45, 7) is 7.80. The molecule has 2 aromatic carbocycles. The third kappa shape index (κ3) is 6.68. The van der Waals surface area contributed by atoms with Crippen molar-refractivity contribution in [2.45, 2.75) is 65.4 Å². The van der Waals surface area contributed by atoms with Crippen LogP contribution in [0.3, 0.4) is 0 Å². The number of fused-ring (bicyclic) bond motifs is 1. The second-order valence-electron chi connectivity index (χ2n) is 9.97. The second-order valence-corrected chi connectivity index (χ2v) is 9.97. The summed E-state index contributed by atoms with van der Waals surface area (Å²) in [5.74, 6) is 1.53. The Morgan fingerprint density at radius 2 is 1.94 bits per heavy atom. The Morgan fingerprint density at radius 1 is 1.18 bits per heavy atom. The highest BCUT2D eigenvalue weighted by molar-refractivity contribution is 5.97. The molecule has 2 unspecified atom stereocenters. The van der Waals surface area contributed by atoms with Crippen LogP contribution in [0, 0.1) is 11.3 Å². The van der Waals surface area contributed by atoms with Gasteiger partial charge in [0.15, 0.2) is 5.78 Å². The van der Waals surface area contributed by atoms with Crippen LogP contribution in [0.1, 0.15) is 67.1 Å². The molecule has 1 aliphatic rings. The van der Waals surface area contributed by atoms with Crippen LogP contribution in [0.2, 0.25) is 0 Å². The lowest BCUT2D eigenvalue weighted by Gasteiger charge is -2.35. The number of benzene rings is 2. The lowest BCUT2D eigenvalue weighted by atomic mass is 9.70. The zero-order chi connectivity index (χ0) is 23.8. The third-order valence-electron chi connectivity index (χ3n) is 6.88. The molecular weight excluding hydrogens is 410 g/mol. The molecule has 0 radical (unpaired) electrons. The maximum atomic E-state index is 13.7. The third-order valence-corrected chi connectivity index (χ3v) is 6.88. The van der Waals surface area contributed by atoms with Crippen LogP contribution in [0.25, 0.3) is 0 Å². The summed E-state index contributed by atoms with van der Waals surface area (Å²) in [5, 5.41) is 3.33. The summed E-state index contributed by atoms with van der Waals surface area (Å²) in [6.07, 6.45) is 5.43. The topological polar surface area (TPSA) is 47.6 Å². The van der Waals surface area contributed by atoms with Gasteiger partial charge in [0.05, 0.1) is 6.10 Å². The molecule has 3 rings (SSSR count). The number of ether oxygens (including phenoxy) is 2. The summed E-state index contributed by atoms with van der Waals surface area (Å²) < 4.78 is 11.6. The van der Waals surface area contributed by atoms with Gasteiger partial charge in [-0.15, -0.1) is 0 Å². The molecule has 0 saturated carbocycles. The summed E-state index contributed by atoms with van der Waals surface area (Å²) in [4.78, 5) is 13.7. The van der Waals surface area contributed by atoms with Crippen molar-refractivity contribution in [1.29, 1.82) is 0 Å². The Labute approximate surface area is 200 Å². The lowest BCUT2D eigenvalue weighted by molar-refractivity contribution is 0.0794. The van der Waals surface area contributed by atoms with Gasteiger partial charge in [0.25, 0.3) is 0 Å².